The summed E-state index contributed by atoms with van der Waals surface area (Å²) < 4.78 is 14.0. The van der Waals surface area contributed by atoms with Gasteiger partial charge in [-0.1, -0.05) is 142 Å². The predicted octanol–water partition coefficient (Wildman–Crippen LogP) is 7.29. The van der Waals surface area contributed by atoms with Gasteiger partial charge < -0.3 is 9.16 Å². The molecule has 0 spiro atoms. The van der Waals surface area contributed by atoms with Gasteiger partial charge in [-0.2, -0.15) is 0 Å². The van der Waals surface area contributed by atoms with Crippen molar-refractivity contribution in [2.24, 2.45) is 0 Å². The van der Waals surface area contributed by atoms with Gasteiger partial charge in [0.25, 0.3) is 8.32 Å². The minimum absolute atomic E-state index is 0.0914. The normalized spacial score (nSPS) is 14.6. The highest BCUT2D eigenvalue weighted by molar-refractivity contribution is 6.99. The lowest BCUT2D eigenvalue weighted by Crippen LogP contribution is -2.67. The summed E-state index contributed by atoms with van der Waals surface area (Å²) in [4.78, 5) is 0. The standard InChI is InChI=1S/C34H39O2Si/c1-28(26-34(5,30-20-12-7-13-21-30)35-27-29-18-10-6-11-19-29)36-37(33(2,3)4,31-22-14-8-15-23-31)32-24-16-9-17-25-32/h6-26,28H,27H2,1-5H3/t28-,34+/m0/s1. The predicted molar refractivity (Wildman–Crippen MR) is 157 cm³/mol. The van der Waals surface area contributed by atoms with E-state index in [1.807, 2.05) is 12.1 Å². The second-order valence-corrected chi connectivity index (χ2v) is 15.2. The van der Waals surface area contributed by atoms with Crippen molar-refractivity contribution in [2.45, 2.75) is 58.0 Å². The van der Waals surface area contributed by atoms with Crippen LogP contribution in [0.5, 0.6) is 0 Å². The molecular weight excluding hydrogens is 468 g/mol. The number of ether oxygens (including phenoxy) is 1. The topological polar surface area (TPSA) is 18.5 Å². The highest BCUT2D eigenvalue weighted by atomic mass is 28.4. The van der Waals surface area contributed by atoms with Gasteiger partial charge in [-0.3, -0.25) is 0 Å². The van der Waals surface area contributed by atoms with E-state index in [0.29, 0.717) is 6.61 Å². The monoisotopic (exact) mass is 507 g/mol. The van der Waals surface area contributed by atoms with Crippen LogP contribution in [-0.2, 0) is 21.4 Å². The Labute approximate surface area is 224 Å². The van der Waals surface area contributed by atoms with E-state index in [0.717, 1.165) is 11.1 Å². The molecule has 1 radical (unpaired) electrons. The van der Waals surface area contributed by atoms with Crippen molar-refractivity contribution in [3.8, 4) is 0 Å². The molecule has 0 fully saturated rings. The van der Waals surface area contributed by atoms with Gasteiger partial charge in [0.05, 0.1) is 12.2 Å². The molecular formula is C34H39O2Si. The van der Waals surface area contributed by atoms with E-state index >= 15 is 0 Å². The van der Waals surface area contributed by atoms with Crippen LogP contribution in [0.4, 0.5) is 0 Å². The summed E-state index contributed by atoms with van der Waals surface area (Å²) in [7, 11) is -2.69. The summed E-state index contributed by atoms with van der Waals surface area (Å²) >= 11 is 0. The zero-order chi connectivity index (χ0) is 26.4. The summed E-state index contributed by atoms with van der Waals surface area (Å²) in [5.41, 5.74) is 1.64. The van der Waals surface area contributed by atoms with Crippen LogP contribution in [0.3, 0.4) is 0 Å². The molecule has 0 bridgehead atoms. The fraction of sp³-hybridized carbons (Fsp3) is 0.265. The molecule has 0 heterocycles. The second kappa shape index (κ2) is 11.6. The smallest absolute Gasteiger partial charge is 0.261 e. The quantitative estimate of drug-likeness (QED) is 0.210. The van der Waals surface area contributed by atoms with Gasteiger partial charge in [0.1, 0.15) is 0 Å². The first kappa shape index (κ1) is 27.1. The van der Waals surface area contributed by atoms with Gasteiger partial charge >= 0.3 is 0 Å². The Balaban J connectivity index is 1.70. The van der Waals surface area contributed by atoms with Gasteiger partial charge in [-0.05, 0) is 40.4 Å². The second-order valence-electron chi connectivity index (χ2n) is 10.9. The Hall–Kier alpha value is -2.98. The molecule has 0 saturated heterocycles. The van der Waals surface area contributed by atoms with Crippen molar-refractivity contribution in [1.82, 2.24) is 0 Å². The Bertz CT molecular complexity index is 1180. The third-order valence-electron chi connectivity index (χ3n) is 7.06. The molecule has 2 nitrogen and oxygen atoms in total. The van der Waals surface area contributed by atoms with Crippen molar-refractivity contribution in [3.05, 3.63) is 139 Å². The van der Waals surface area contributed by atoms with Crippen molar-refractivity contribution >= 4 is 18.7 Å². The number of hydrogen-bond donors (Lipinski definition) is 0. The molecule has 0 aliphatic heterocycles. The van der Waals surface area contributed by atoms with E-state index in [1.165, 1.54) is 10.4 Å². The molecule has 0 unspecified atom stereocenters. The van der Waals surface area contributed by atoms with Crippen LogP contribution >= 0.6 is 0 Å². The molecule has 4 rings (SSSR count). The summed E-state index contributed by atoms with van der Waals surface area (Å²) in [5.74, 6) is 0. The van der Waals surface area contributed by atoms with E-state index < -0.39 is 13.9 Å². The van der Waals surface area contributed by atoms with E-state index in [2.05, 4.69) is 150 Å². The van der Waals surface area contributed by atoms with Crippen LogP contribution in [0.1, 0.15) is 45.7 Å². The number of benzene rings is 4. The van der Waals surface area contributed by atoms with Crippen LogP contribution in [0.2, 0.25) is 5.04 Å². The summed E-state index contributed by atoms with van der Waals surface area (Å²) in [5, 5.41) is 2.47. The minimum atomic E-state index is -2.69. The van der Waals surface area contributed by atoms with Crippen LogP contribution in [0.15, 0.2) is 121 Å². The first-order valence-electron chi connectivity index (χ1n) is 13.1. The Kier molecular flexibility index (Phi) is 8.48. The van der Waals surface area contributed by atoms with E-state index in [-0.39, 0.29) is 11.1 Å². The maximum Gasteiger partial charge on any atom is 0.261 e. The fourth-order valence-electron chi connectivity index (χ4n) is 5.26. The first-order chi connectivity index (χ1) is 17.7. The molecule has 37 heavy (non-hydrogen) atoms. The van der Waals surface area contributed by atoms with Gasteiger partial charge in [0, 0.05) is 12.5 Å². The average Bonchev–Trinajstić information content (AvgIpc) is 2.92. The summed E-state index contributed by atoms with van der Waals surface area (Å²) in [6.07, 6.45) is 2.08. The number of rotatable bonds is 10. The van der Waals surface area contributed by atoms with E-state index in [9.17, 15) is 0 Å². The first-order valence-corrected chi connectivity index (χ1v) is 15.0. The maximum atomic E-state index is 7.35. The molecule has 0 amide bonds. The minimum Gasteiger partial charge on any atom is -0.404 e. The summed E-state index contributed by atoms with van der Waals surface area (Å²) in [6, 6.07) is 42.4. The third kappa shape index (κ3) is 6.12. The zero-order valence-electron chi connectivity index (χ0n) is 22.7. The van der Waals surface area contributed by atoms with Gasteiger partial charge in [0.15, 0.2) is 0 Å². The van der Waals surface area contributed by atoms with Crippen LogP contribution in [0.25, 0.3) is 0 Å². The van der Waals surface area contributed by atoms with Crippen LogP contribution < -0.4 is 10.4 Å². The Morgan fingerprint density at radius 3 is 1.54 bits per heavy atom. The van der Waals surface area contributed by atoms with Crippen molar-refractivity contribution in [1.29, 1.82) is 0 Å². The Morgan fingerprint density at radius 1 is 0.649 bits per heavy atom. The molecule has 0 aliphatic carbocycles. The average molecular weight is 508 g/mol. The molecule has 0 N–H and O–H groups in total. The highest BCUT2D eigenvalue weighted by Crippen LogP contribution is 2.39. The highest BCUT2D eigenvalue weighted by Gasteiger charge is 2.51. The number of hydrogen-bond acceptors (Lipinski definition) is 2. The molecule has 4 aromatic carbocycles. The van der Waals surface area contributed by atoms with Gasteiger partial charge in [-0.25, -0.2) is 0 Å². The van der Waals surface area contributed by atoms with E-state index in [4.69, 9.17) is 9.16 Å². The molecule has 0 aliphatic rings. The lowest BCUT2D eigenvalue weighted by Gasteiger charge is -2.45. The summed E-state index contributed by atoms with van der Waals surface area (Å²) in [6.45, 7) is 11.8. The van der Waals surface area contributed by atoms with Crippen molar-refractivity contribution in [3.63, 3.8) is 0 Å². The molecule has 3 heteroatoms. The molecule has 0 aromatic heterocycles. The third-order valence-corrected chi connectivity index (χ3v) is 12.2. The zero-order valence-corrected chi connectivity index (χ0v) is 23.7. The SMILES string of the molecule is C[C@@H]([CH][C@@](C)(OCc1ccccc1)c1ccccc1)O[Si](c1ccccc1)(c1ccccc1)C(C)(C)C. The lowest BCUT2D eigenvalue weighted by atomic mass is 9.90. The lowest BCUT2D eigenvalue weighted by molar-refractivity contribution is -0.0354. The van der Waals surface area contributed by atoms with Crippen LogP contribution in [0, 0.1) is 6.42 Å². The Morgan fingerprint density at radius 2 is 1.08 bits per heavy atom. The van der Waals surface area contributed by atoms with Crippen molar-refractivity contribution < 1.29 is 9.16 Å². The van der Waals surface area contributed by atoms with Gasteiger partial charge in [0.2, 0.25) is 0 Å². The van der Waals surface area contributed by atoms with E-state index in [1.54, 1.807) is 0 Å². The largest absolute Gasteiger partial charge is 0.404 e. The molecule has 2 atom stereocenters. The molecule has 4 aromatic rings. The van der Waals surface area contributed by atoms with Crippen LogP contribution in [-0.4, -0.2) is 14.4 Å². The van der Waals surface area contributed by atoms with Gasteiger partial charge in [-0.15, -0.1) is 0 Å². The maximum absolute atomic E-state index is 7.35. The van der Waals surface area contributed by atoms with Crippen molar-refractivity contribution in [2.75, 3.05) is 0 Å². The molecule has 191 valence electrons. The fourth-order valence-corrected chi connectivity index (χ4v) is 9.90. The molecule has 0 saturated carbocycles.